The highest BCUT2D eigenvalue weighted by atomic mass is 32.1. The second kappa shape index (κ2) is 8.91. The van der Waals surface area contributed by atoms with Crippen molar-refractivity contribution in [3.8, 4) is 22.1 Å². The number of aryl methyl sites for hydroxylation is 1. The SMILES string of the molecule is Cc1ccc2nc(-c3ccc(NC(=O)COC(=O)c4ccc5c(c4)OCCO5)cc3)sc2c1. The Morgan fingerprint density at radius 2 is 1.79 bits per heavy atom. The second-order valence-corrected chi connectivity index (χ2v) is 8.58. The Morgan fingerprint density at radius 1 is 1.00 bits per heavy atom. The van der Waals surface area contributed by atoms with E-state index < -0.39 is 18.5 Å². The van der Waals surface area contributed by atoms with Crippen molar-refractivity contribution in [2.45, 2.75) is 6.92 Å². The zero-order valence-corrected chi connectivity index (χ0v) is 18.6. The summed E-state index contributed by atoms with van der Waals surface area (Å²) in [5, 5.41) is 3.65. The molecule has 2 heterocycles. The molecule has 1 aliphatic rings. The number of aromatic nitrogens is 1. The van der Waals surface area contributed by atoms with Gasteiger partial charge < -0.3 is 19.5 Å². The number of nitrogens with one attached hydrogen (secondary N) is 1. The van der Waals surface area contributed by atoms with Gasteiger partial charge in [-0.2, -0.15) is 0 Å². The normalized spacial score (nSPS) is 12.4. The predicted octanol–water partition coefficient (Wildman–Crippen LogP) is 4.84. The van der Waals surface area contributed by atoms with Crippen molar-refractivity contribution in [1.82, 2.24) is 4.98 Å². The minimum atomic E-state index is -0.608. The van der Waals surface area contributed by atoms with Gasteiger partial charge in [-0.25, -0.2) is 9.78 Å². The number of carbonyl (C=O) groups is 2. The van der Waals surface area contributed by atoms with E-state index in [1.165, 1.54) is 5.56 Å². The molecule has 1 N–H and O–H groups in total. The van der Waals surface area contributed by atoms with Crippen LogP contribution in [0.1, 0.15) is 15.9 Å². The Bertz CT molecular complexity index is 1350. The van der Waals surface area contributed by atoms with Gasteiger partial charge in [0.05, 0.1) is 15.8 Å². The van der Waals surface area contributed by atoms with E-state index in [-0.39, 0.29) is 0 Å². The fraction of sp³-hybridized carbons (Fsp3) is 0.160. The Hall–Kier alpha value is -3.91. The molecule has 166 valence electrons. The number of rotatable bonds is 5. The van der Waals surface area contributed by atoms with E-state index in [1.807, 2.05) is 24.3 Å². The summed E-state index contributed by atoms with van der Waals surface area (Å²) < 4.78 is 17.2. The fourth-order valence-corrected chi connectivity index (χ4v) is 4.50. The minimum Gasteiger partial charge on any atom is -0.486 e. The van der Waals surface area contributed by atoms with Crippen molar-refractivity contribution in [2.75, 3.05) is 25.1 Å². The first-order valence-electron chi connectivity index (χ1n) is 10.4. The molecule has 5 rings (SSSR count). The molecule has 0 bridgehead atoms. The molecule has 0 spiro atoms. The van der Waals surface area contributed by atoms with E-state index in [9.17, 15) is 9.59 Å². The smallest absolute Gasteiger partial charge is 0.338 e. The lowest BCUT2D eigenvalue weighted by Crippen LogP contribution is -2.21. The van der Waals surface area contributed by atoms with Crippen molar-refractivity contribution in [3.05, 3.63) is 71.8 Å². The molecule has 3 aromatic carbocycles. The maximum absolute atomic E-state index is 12.3. The summed E-state index contributed by atoms with van der Waals surface area (Å²) in [7, 11) is 0. The lowest BCUT2D eigenvalue weighted by atomic mass is 10.2. The van der Waals surface area contributed by atoms with E-state index in [1.54, 1.807) is 41.7 Å². The summed E-state index contributed by atoms with van der Waals surface area (Å²) in [5.41, 5.74) is 4.04. The molecule has 0 aliphatic carbocycles. The zero-order chi connectivity index (χ0) is 22.8. The van der Waals surface area contributed by atoms with Crippen LogP contribution in [0.15, 0.2) is 60.7 Å². The van der Waals surface area contributed by atoms with Gasteiger partial charge in [-0.1, -0.05) is 6.07 Å². The summed E-state index contributed by atoms with van der Waals surface area (Å²) in [6.07, 6.45) is 0. The van der Waals surface area contributed by atoms with Gasteiger partial charge in [0.15, 0.2) is 18.1 Å². The van der Waals surface area contributed by atoms with E-state index in [0.717, 1.165) is 20.8 Å². The van der Waals surface area contributed by atoms with E-state index >= 15 is 0 Å². The molecule has 8 heteroatoms. The third-order valence-corrected chi connectivity index (χ3v) is 6.14. The molecule has 0 saturated carbocycles. The van der Waals surface area contributed by atoms with Gasteiger partial charge in [0.25, 0.3) is 5.91 Å². The molecule has 1 aromatic heterocycles. The van der Waals surface area contributed by atoms with Crippen LogP contribution in [0.25, 0.3) is 20.8 Å². The number of benzene rings is 3. The zero-order valence-electron chi connectivity index (χ0n) is 17.8. The molecule has 0 unspecified atom stereocenters. The molecule has 0 saturated heterocycles. The number of ether oxygens (including phenoxy) is 3. The van der Waals surface area contributed by atoms with Crippen LogP contribution in [0.3, 0.4) is 0 Å². The lowest BCUT2D eigenvalue weighted by molar-refractivity contribution is -0.119. The summed E-state index contributed by atoms with van der Waals surface area (Å²) >= 11 is 1.63. The average Bonchev–Trinajstić information content (AvgIpc) is 3.26. The van der Waals surface area contributed by atoms with Crippen LogP contribution in [0.5, 0.6) is 11.5 Å². The summed E-state index contributed by atoms with van der Waals surface area (Å²) in [6.45, 7) is 2.56. The van der Waals surface area contributed by atoms with Gasteiger partial charge in [-0.05, 0) is 67.1 Å². The number of hydrogen-bond acceptors (Lipinski definition) is 7. The second-order valence-electron chi connectivity index (χ2n) is 7.55. The molecule has 4 aromatic rings. The van der Waals surface area contributed by atoms with Gasteiger partial charge in [0.1, 0.15) is 18.2 Å². The van der Waals surface area contributed by atoms with Gasteiger partial charge in [-0.15, -0.1) is 11.3 Å². The van der Waals surface area contributed by atoms with Crippen molar-refractivity contribution in [1.29, 1.82) is 0 Å². The van der Waals surface area contributed by atoms with Crippen LogP contribution in [0, 0.1) is 6.92 Å². The number of fused-ring (bicyclic) bond motifs is 2. The van der Waals surface area contributed by atoms with Crippen LogP contribution < -0.4 is 14.8 Å². The molecular formula is C25H20N2O5S. The molecule has 1 aliphatic heterocycles. The van der Waals surface area contributed by atoms with Crippen LogP contribution in [0.2, 0.25) is 0 Å². The van der Waals surface area contributed by atoms with Gasteiger partial charge in [0.2, 0.25) is 0 Å². The first kappa shape index (κ1) is 21.0. The van der Waals surface area contributed by atoms with Gasteiger partial charge in [-0.3, -0.25) is 4.79 Å². The van der Waals surface area contributed by atoms with Gasteiger partial charge in [0, 0.05) is 11.3 Å². The average molecular weight is 461 g/mol. The number of esters is 1. The Labute approximate surface area is 193 Å². The van der Waals surface area contributed by atoms with Crippen LogP contribution >= 0.6 is 11.3 Å². The number of carbonyl (C=O) groups excluding carboxylic acids is 2. The van der Waals surface area contributed by atoms with Crippen molar-refractivity contribution in [2.24, 2.45) is 0 Å². The topological polar surface area (TPSA) is 86.8 Å². The largest absolute Gasteiger partial charge is 0.486 e. The maximum Gasteiger partial charge on any atom is 0.338 e. The van der Waals surface area contributed by atoms with Gasteiger partial charge >= 0.3 is 5.97 Å². The number of hydrogen-bond donors (Lipinski definition) is 1. The number of amides is 1. The quantitative estimate of drug-likeness (QED) is 0.429. The molecule has 0 atom stereocenters. The number of nitrogens with zero attached hydrogens (tertiary/aromatic N) is 1. The molecule has 0 radical (unpaired) electrons. The first-order valence-corrected chi connectivity index (χ1v) is 11.2. The molecule has 0 fully saturated rings. The van der Waals surface area contributed by atoms with Crippen LogP contribution in [0.4, 0.5) is 5.69 Å². The molecule has 1 amide bonds. The Morgan fingerprint density at radius 3 is 2.61 bits per heavy atom. The Kier molecular flexibility index (Phi) is 5.66. The van der Waals surface area contributed by atoms with Crippen molar-refractivity contribution < 1.29 is 23.8 Å². The third kappa shape index (κ3) is 4.65. The monoisotopic (exact) mass is 460 g/mol. The highest BCUT2D eigenvalue weighted by Gasteiger charge is 2.17. The highest BCUT2D eigenvalue weighted by molar-refractivity contribution is 7.21. The molecule has 7 nitrogen and oxygen atoms in total. The van der Waals surface area contributed by atoms with E-state index in [4.69, 9.17) is 14.2 Å². The summed E-state index contributed by atoms with van der Waals surface area (Å²) in [6, 6.07) is 18.4. The van der Waals surface area contributed by atoms with E-state index in [2.05, 4.69) is 23.3 Å². The Balaban J connectivity index is 1.18. The lowest BCUT2D eigenvalue weighted by Gasteiger charge is -2.18. The molecular weight excluding hydrogens is 440 g/mol. The number of anilines is 1. The van der Waals surface area contributed by atoms with Crippen LogP contribution in [-0.4, -0.2) is 36.7 Å². The van der Waals surface area contributed by atoms with Crippen LogP contribution in [-0.2, 0) is 9.53 Å². The fourth-order valence-electron chi connectivity index (χ4n) is 3.43. The minimum absolute atomic E-state index is 0.294. The summed E-state index contributed by atoms with van der Waals surface area (Å²) in [5.74, 6) is 0.0381. The van der Waals surface area contributed by atoms with E-state index in [0.29, 0.717) is 36.0 Å². The summed E-state index contributed by atoms with van der Waals surface area (Å²) in [4.78, 5) is 29.2. The van der Waals surface area contributed by atoms with Crippen molar-refractivity contribution in [3.63, 3.8) is 0 Å². The standard InChI is InChI=1S/C25H20N2O5S/c1-15-2-8-19-22(12-15)33-24(27-19)16-3-6-18(7-4-16)26-23(28)14-32-25(29)17-5-9-20-21(13-17)31-11-10-30-20/h2-9,12-13H,10-11,14H2,1H3,(H,26,28). The number of thiazole rings is 1. The predicted molar refractivity (Wildman–Crippen MR) is 126 cm³/mol. The highest BCUT2D eigenvalue weighted by Crippen LogP contribution is 2.32. The third-order valence-electron chi connectivity index (χ3n) is 5.07. The maximum atomic E-state index is 12.3. The van der Waals surface area contributed by atoms with Crippen molar-refractivity contribution >= 4 is 39.1 Å². The molecule has 33 heavy (non-hydrogen) atoms. The first-order chi connectivity index (χ1) is 16.0.